The predicted octanol–water partition coefficient (Wildman–Crippen LogP) is 14.3. The summed E-state index contributed by atoms with van der Waals surface area (Å²) in [6, 6.07) is 21.9. The van der Waals surface area contributed by atoms with Crippen LogP contribution in [0.1, 0.15) is 112 Å². The number of hydrogen-bond acceptors (Lipinski definition) is 6. The van der Waals surface area contributed by atoms with Gasteiger partial charge in [-0.15, -0.1) is 22.7 Å². The molecule has 0 amide bonds. The molecule has 0 bridgehead atoms. The van der Waals surface area contributed by atoms with Gasteiger partial charge in [0.1, 0.15) is 35.4 Å². The molecule has 0 saturated heterocycles. The van der Waals surface area contributed by atoms with Gasteiger partial charge >= 0.3 is 0 Å². The lowest BCUT2D eigenvalue weighted by Gasteiger charge is -2.08. The second-order valence-corrected chi connectivity index (χ2v) is 16.2. The van der Waals surface area contributed by atoms with Crippen molar-refractivity contribution in [3.05, 3.63) is 68.4 Å². The maximum atomic E-state index is 9.73. The zero-order valence-electron chi connectivity index (χ0n) is 30.1. The Balaban J connectivity index is 1.48. The lowest BCUT2D eigenvalue weighted by atomic mass is 9.96. The van der Waals surface area contributed by atoms with Crippen LogP contribution in [0.15, 0.2) is 47.5 Å². The first-order chi connectivity index (χ1) is 25.6. The molecule has 7 aromatic rings. The van der Waals surface area contributed by atoms with Crippen molar-refractivity contribution in [1.29, 1.82) is 21.0 Å². The largest absolute Gasteiger partial charge is 0.192 e. The highest BCUT2D eigenvalue weighted by atomic mass is 32.1. The fraction of sp³-hybridized carbons (Fsp3) is 0.348. The van der Waals surface area contributed by atoms with E-state index in [1.807, 2.05) is 12.2 Å². The van der Waals surface area contributed by atoms with E-state index in [1.165, 1.54) is 139 Å². The summed E-state index contributed by atoms with van der Waals surface area (Å²) in [6.07, 6.45) is 19.9. The molecule has 52 heavy (non-hydrogen) atoms. The van der Waals surface area contributed by atoms with Crippen LogP contribution in [-0.2, 0) is 12.8 Å². The fourth-order valence-corrected chi connectivity index (χ4v) is 11.2. The molecule has 6 heteroatoms. The number of allylic oxidation sites excluding steroid dienone is 2. The summed E-state index contributed by atoms with van der Waals surface area (Å²) in [4.78, 5) is 2.07. The van der Waals surface area contributed by atoms with Crippen molar-refractivity contribution in [1.82, 2.24) is 0 Å². The quantitative estimate of drug-likeness (QED) is 0.0565. The molecule has 0 saturated carbocycles. The van der Waals surface area contributed by atoms with E-state index in [9.17, 15) is 21.0 Å². The van der Waals surface area contributed by atoms with Crippen LogP contribution < -0.4 is 0 Å². The molecule has 4 nitrogen and oxygen atoms in total. The highest BCUT2D eigenvalue weighted by Gasteiger charge is 2.27. The highest BCUT2D eigenvalue weighted by molar-refractivity contribution is 7.22. The van der Waals surface area contributed by atoms with Gasteiger partial charge in [0.2, 0.25) is 0 Å². The molecule has 7 rings (SSSR count). The molecular weight excluding hydrogens is 673 g/mol. The van der Waals surface area contributed by atoms with E-state index in [0.717, 1.165) is 35.4 Å². The molecule has 2 heterocycles. The van der Waals surface area contributed by atoms with Crippen LogP contribution >= 0.6 is 22.7 Å². The third-order valence-corrected chi connectivity index (χ3v) is 13.2. The van der Waals surface area contributed by atoms with Crippen LogP contribution in [0.5, 0.6) is 0 Å². The molecule has 0 aliphatic heterocycles. The van der Waals surface area contributed by atoms with Gasteiger partial charge in [0.05, 0.1) is 0 Å². The zero-order valence-corrected chi connectivity index (χ0v) is 31.8. The lowest BCUT2D eigenvalue weighted by Crippen LogP contribution is -1.88. The Labute approximate surface area is 314 Å². The van der Waals surface area contributed by atoms with Gasteiger partial charge in [-0.1, -0.05) is 114 Å². The molecule has 0 atom stereocenters. The minimum Gasteiger partial charge on any atom is -0.192 e. The Hall–Kier alpha value is -4.98. The second-order valence-electron chi connectivity index (χ2n) is 14.1. The smallest absolute Gasteiger partial charge is 0.131 e. The van der Waals surface area contributed by atoms with Crippen molar-refractivity contribution in [3.63, 3.8) is 0 Å². The van der Waals surface area contributed by atoms with Crippen LogP contribution in [0.25, 0.3) is 75.4 Å². The molecule has 2 aromatic heterocycles. The SMILES string of the molecule is CCCCCCCCc1c(C=C(C#N)C#N)sc2c1c1cccc3c1c2c1cccc2c4c(CCCCCCCC)c(C=C(C#N)C#N)sc4c3c21. The van der Waals surface area contributed by atoms with Gasteiger partial charge in [0, 0.05) is 40.7 Å². The number of benzene rings is 3. The van der Waals surface area contributed by atoms with Gasteiger partial charge in [-0.05, 0) is 81.3 Å². The van der Waals surface area contributed by atoms with Crippen LogP contribution in [0, 0.1) is 45.3 Å². The Kier molecular flexibility index (Phi) is 10.7. The van der Waals surface area contributed by atoms with Crippen LogP contribution in [0.4, 0.5) is 0 Å². The van der Waals surface area contributed by atoms with Gasteiger partial charge in [0.25, 0.3) is 0 Å². The van der Waals surface area contributed by atoms with Gasteiger partial charge in [-0.2, -0.15) is 21.0 Å². The Morgan fingerprint density at radius 3 is 1.19 bits per heavy atom. The summed E-state index contributed by atoms with van der Waals surface area (Å²) in [6.45, 7) is 4.49. The van der Waals surface area contributed by atoms with Gasteiger partial charge in [-0.3, -0.25) is 0 Å². The second kappa shape index (κ2) is 15.7. The summed E-state index contributed by atoms with van der Waals surface area (Å²) >= 11 is 3.47. The average molecular weight is 715 g/mol. The first-order valence-corrected chi connectivity index (χ1v) is 20.6. The molecule has 0 spiro atoms. The third kappa shape index (κ3) is 6.16. The highest BCUT2D eigenvalue weighted by Crippen LogP contribution is 2.55. The molecular formula is C46H42N4S2. The molecule has 0 aliphatic rings. The minimum absolute atomic E-state index is 0.145. The fourth-order valence-electron chi connectivity index (χ4n) is 8.44. The van der Waals surface area contributed by atoms with Crippen LogP contribution in [0.2, 0.25) is 0 Å². The van der Waals surface area contributed by atoms with Crippen molar-refractivity contribution in [2.75, 3.05) is 0 Å². The van der Waals surface area contributed by atoms with E-state index in [-0.39, 0.29) is 11.1 Å². The van der Waals surface area contributed by atoms with E-state index >= 15 is 0 Å². The van der Waals surface area contributed by atoms with Gasteiger partial charge in [-0.25, -0.2) is 0 Å². The van der Waals surface area contributed by atoms with Crippen molar-refractivity contribution in [2.45, 2.75) is 104 Å². The molecule has 258 valence electrons. The summed E-state index contributed by atoms with van der Waals surface area (Å²) in [5.41, 5.74) is 2.81. The molecule has 0 fully saturated rings. The van der Waals surface area contributed by atoms with Crippen molar-refractivity contribution >= 4 is 98.1 Å². The topological polar surface area (TPSA) is 95.2 Å². The number of aryl methyl sites for hydroxylation is 2. The number of fused-ring (bicyclic) bond motifs is 8. The van der Waals surface area contributed by atoms with E-state index in [2.05, 4.69) is 74.5 Å². The average Bonchev–Trinajstić information content (AvgIpc) is 3.89. The number of nitriles is 4. The first-order valence-electron chi connectivity index (χ1n) is 19.0. The summed E-state index contributed by atoms with van der Waals surface area (Å²) in [5.74, 6) is 0. The molecule has 0 N–H and O–H groups in total. The van der Waals surface area contributed by atoms with Gasteiger partial charge < -0.3 is 0 Å². The van der Waals surface area contributed by atoms with Crippen LogP contribution in [0.3, 0.4) is 0 Å². The first kappa shape index (κ1) is 35.4. The molecule has 5 aromatic carbocycles. The standard InChI is InChI=1S/C46H42N4S2/c1-3-5-7-9-11-13-17-31-37(23-29(25-47)26-48)51-45-41(31)33-19-15-21-35-39(33)43(45)36-22-16-20-34-40(36)44(35)46-42(34)32(18-14-12-10-8-6-4-2)38(52-46)24-30(27-49)28-50/h15-16,19-24H,3-14,17-18H2,1-2H3. The maximum Gasteiger partial charge on any atom is 0.131 e. The maximum absolute atomic E-state index is 9.73. The van der Waals surface area contributed by atoms with E-state index in [4.69, 9.17) is 0 Å². The zero-order chi connectivity index (χ0) is 36.2. The van der Waals surface area contributed by atoms with Gasteiger partial charge in [0.15, 0.2) is 0 Å². The Morgan fingerprint density at radius 2 is 0.827 bits per heavy atom. The van der Waals surface area contributed by atoms with Crippen molar-refractivity contribution in [3.8, 4) is 24.3 Å². The van der Waals surface area contributed by atoms with Crippen molar-refractivity contribution in [2.24, 2.45) is 0 Å². The Bertz CT molecular complexity index is 2440. The molecule has 0 aliphatic carbocycles. The number of unbranched alkanes of at least 4 members (excludes halogenated alkanes) is 10. The third-order valence-electron chi connectivity index (χ3n) is 10.8. The number of thiophene rings is 2. The number of nitrogens with zero attached hydrogens (tertiary/aromatic N) is 4. The minimum atomic E-state index is 0.145. The van der Waals surface area contributed by atoms with Crippen molar-refractivity contribution < 1.29 is 0 Å². The summed E-state index contributed by atoms with van der Waals surface area (Å²) in [5, 5.41) is 51.6. The number of rotatable bonds is 16. The van der Waals surface area contributed by atoms with E-state index < -0.39 is 0 Å². The molecule has 0 radical (unpaired) electrons. The van der Waals surface area contributed by atoms with E-state index in [0.29, 0.717) is 0 Å². The lowest BCUT2D eigenvalue weighted by molar-refractivity contribution is 0.608. The number of hydrogen-bond donors (Lipinski definition) is 0. The molecule has 0 unspecified atom stereocenters. The normalized spacial score (nSPS) is 11.5. The predicted molar refractivity (Wildman–Crippen MR) is 222 cm³/mol. The summed E-state index contributed by atoms with van der Waals surface area (Å²) < 4.78 is 2.49. The monoisotopic (exact) mass is 714 g/mol. The Morgan fingerprint density at radius 1 is 0.481 bits per heavy atom. The van der Waals surface area contributed by atoms with Crippen LogP contribution in [-0.4, -0.2) is 0 Å². The van der Waals surface area contributed by atoms with E-state index in [1.54, 1.807) is 22.7 Å². The summed E-state index contributed by atoms with van der Waals surface area (Å²) in [7, 11) is 0.